The third kappa shape index (κ3) is 3.71. The Morgan fingerprint density at radius 1 is 1.30 bits per heavy atom. The van der Waals surface area contributed by atoms with Crippen molar-refractivity contribution in [3.8, 4) is 0 Å². The molecule has 1 aromatic rings. The van der Waals surface area contributed by atoms with Gasteiger partial charge in [0.2, 0.25) is 10.0 Å². The van der Waals surface area contributed by atoms with Gasteiger partial charge in [-0.25, -0.2) is 12.7 Å². The summed E-state index contributed by atoms with van der Waals surface area (Å²) in [6.45, 7) is 2.62. The van der Waals surface area contributed by atoms with Gasteiger partial charge in [-0.3, -0.25) is 0 Å². The van der Waals surface area contributed by atoms with E-state index in [4.69, 9.17) is 4.74 Å². The Hall–Kier alpha value is -1.11. The Morgan fingerprint density at radius 2 is 2.00 bits per heavy atom. The van der Waals surface area contributed by atoms with E-state index in [0.29, 0.717) is 10.8 Å². The van der Waals surface area contributed by atoms with Crippen LogP contribution in [0.15, 0.2) is 29.2 Å². The fraction of sp³-hybridized carbons (Fsp3) is 0.571. The number of rotatable bonds is 6. The zero-order valence-electron chi connectivity index (χ0n) is 12.0. The van der Waals surface area contributed by atoms with E-state index in [9.17, 15) is 8.42 Å². The zero-order valence-corrected chi connectivity index (χ0v) is 12.8. The van der Waals surface area contributed by atoms with Crippen molar-refractivity contribution >= 4 is 15.7 Å². The number of nitrogens with one attached hydrogen (secondary N) is 1. The molecule has 0 amide bonds. The summed E-state index contributed by atoms with van der Waals surface area (Å²) in [5.74, 6) is 0.649. The van der Waals surface area contributed by atoms with Crippen molar-refractivity contribution in [1.29, 1.82) is 0 Å². The first-order chi connectivity index (χ1) is 9.50. The summed E-state index contributed by atoms with van der Waals surface area (Å²) in [4.78, 5) is 0.317. The summed E-state index contributed by atoms with van der Waals surface area (Å²) in [7, 11) is -0.272. The third-order valence-corrected chi connectivity index (χ3v) is 5.37. The molecule has 0 radical (unpaired) electrons. The van der Waals surface area contributed by atoms with Crippen LogP contribution in [-0.2, 0) is 14.8 Å². The molecular weight excluding hydrogens is 276 g/mol. The molecule has 20 heavy (non-hydrogen) atoms. The molecule has 1 saturated heterocycles. The van der Waals surface area contributed by atoms with Gasteiger partial charge in [0.1, 0.15) is 0 Å². The van der Waals surface area contributed by atoms with E-state index in [1.165, 1.54) is 18.4 Å². The van der Waals surface area contributed by atoms with Gasteiger partial charge in [0.05, 0.1) is 4.90 Å². The highest BCUT2D eigenvalue weighted by atomic mass is 32.2. The molecular formula is C14H22N2O3S. The Balaban J connectivity index is 1.88. The molecule has 5 nitrogen and oxygen atoms in total. The van der Waals surface area contributed by atoms with Gasteiger partial charge in [0.15, 0.2) is 0 Å². The lowest BCUT2D eigenvalue weighted by atomic mass is 10.1. The topological polar surface area (TPSA) is 58.6 Å². The van der Waals surface area contributed by atoms with E-state index in [1.54, 1.807) is 12.1 Å². The first-order valence-electron chi connectivity index (χ1n) is 6.84. The molecule has 1 N–H and O–H groups in total. The molecule has 1 heterocycles. The quantitative estimate of drug-likeness (QED) is 0.869. The number of benzene rings is 1. The van der Waals surface area contributed by atoms with E-state index in [1.807, 2.05) is 12.1 Å². The molecule has 2 rings (SSSR count). The number of hydrogen-bond acceptors (Lipinski definition) is 4. The second-order valence-corrected chi connectivity index (χ2v) is 7.41. The number of hydrogen-bond donors (Lipinski definition) is 1. The van der Waals surface area contributed by atoms with E-state index >= 15 is 0 Å². The van der Waals surface area contributed by atoms with Gasteiger partial charge >= 0.3 is 0 Å². The molecule has 1 fully saturated rings. The molecule has 1 atom stereocenters. The molecule has 1 aliphatic rings. The second-order valence-electron chi connectivity index (χ2n) is 5.26. The van der Waals surface area contributed by atoms with Crippen LogP contribution in [0.25, 0.3) is 0 Å². The van der Waals surface area contributed by atoms with Crippen molar-refractivity contribution < 1.29 is 13.2 Å². The second kappa shape index (κ2) is 6.56. The highest BCUT2D eigenvalue weighted by Crippen LogP contribution is 2.18. The lowest BCUT2D eigenvalue weighted by Crippen LogP contribution is -2.22. The fourth-order valence-corrected chi connectivity index (χ4v) is 3.09. The average molecular weight is 298 g/mol. The number of anilines is 1. The SMILES string of the molecule is CN(C)S(=O)(=O)c1ccc(NCCC2CCOC2)cc1. The van der Waals surface area contributed by atoms with Gasteiger partial charge < -0.3 is 10.1 Å². The zero-order chi connectivity index (χ0) is 14.6. The molecule has 1 aromatic carbocycles. The van der Waals surface area contributed by atoms with Crippen molar-refractivity contribution in [1.82, 2.24) is 4.31 Å². The number of ether oxygens (including phenoxy) is 1. The van der Waals surface area contributed by atoms with Crippen LogP contribution in [0.2, 0.25) is 0 Å². The predicted molar refractivity (Wildman–Crippen MR) is 79.3 cm³/mol. The lowest BCUT2D eigenvalue weighted by Gasteiger charge is -2.13. The van der Waals surface area contributed by atoms with Crippen LogP contribution >= 0.6 is 0 Å². The van der Waals surface area contributed by atoms with Crippen LogP contribution in [0, 0.1) is 5.92 Å². The Morgan fingerprint density at radius 3 is 2.55 bits per heavy atom. The molecule has 6 heteroatoms. The van der Waals surface area contributed by atoms with E-state index in [0.717, 1.165) is 38.3 Å². The fourth-order valence-electron chi connectivity index (χ4n) is 2.19. The molecule has 1 unspecified atom stereocenters. The molecule has 0 aliphatic carbocycles. The van der Waals surface area contributed by atoms with Crippen molar-refractivity contribution in [2.75, 3.05) is 39.2 Å². The average Bonchev–Trinajstić information content (AvgIpc) is 2.92. The monoisotopic (exact) mass is 298 g/mol. The minimum absolute atomic E-state index is 0.317. The molecule has 1 aliphatic heterocycles. The Labute approximate surface area is 121 Å². The van der Waals surface area contributed by atoms with Gasteiger partial charge in [-0.05, 0) is 43.0 Å². The minimum Gasteiger partial charge on any atom is -0.385 e. The molecule has 0 spiro atoms. The van der Waals surface area contributed by atoms with Gasteiger partial charge in [-0.1, -0.05) is 0 Å². The van der Waals surface area contributed by atoms with Crippen molar-refractivity contribution in [2.45, 2.75) is 17.7 Å². The van der Waals surface area contributed by atoms with Crippen molar-refractivity contribution in [3.05, 3.63) is 24.3 Å². The summed E-state index contributed by atoms with van der Waals surface area (Å²) < 4.78 is 30.4. The standard InChI is InChI=1S/C14H22N2O3S/c1-16(2)20(17,18)14-5-3-13(4-6-14)15-9-7-12-8-10-19-11-12/h3-6,12,15H,7-11H2,1-2H3. The summed E-state index contributed by atoms with van der Waals surface area (Å²) in [6, 6.07) is 6.88. The van der Waals surface area contributed by atoms with Crippen LogP contribution in [0.3, 0.4) is 0 Å². The van der Waals surface area contributed by atoms with Crippen LogP contribution in [-0.4, -0.2) is 46.6 Å². The van der Waals surface area contributed by atoms with Gasteiger partial charge in [-0.15, -0.1) is 0 Å². The number of sulfonamides is 1. The molecule has 0 bridgehead atoms. The smallest absolute Gasteiger partial charge is 0.242 e. The Kier molecular flexibility index (Phi) is 5.01. The van der Waals surface area contributed by atoms with Gasteiger partial charge in [0.25, 0.3) is 0 Å². The summed E-state index contributed by atoms with van der Waals surface area (Å²) in [6.07, 6.45) is 2.22. The third-order valence-electron chi connectivity index (χ3n) is 3.54. The maximum absolute atomic E-state index is 11.9. The lowest BCUT2D eigenvalue weighted by molar-refractivity contribution is 0.185. The van der Waals surface area contributed by atoms with Gasteiger partial charge in [0, 0.05) is 39.5 Å². The molecule has 0 saturated carbocycles. The van der Waals surface area contributed by atoms with Crippen LogP contribution in [0.4, 0.5) is 5.69 Å². The van der Waals surface area contributed by atoms with E-state index in [-0.39, 0.29) is 0 Å². The van der Waals surface area contributed by atoms with Gasteiger partial charge in [-0.2, -0.15) is 0 Å². The maximum Gasteiger partial charge on any atom is 0.242 e. The maximum atomic E-state index is 11.9. The molecule has 112 valence electrons. The minimum atomic E-state index is -3.34. The number of nitrogens with zero attached hydrogens (tertiary/aromatic N) is 1. The highest BCUT2D eigenvalue weighted by Gasteiger charge is 2.17. The summed E-state index contributed by atoms with van der Waals surface area (Å²) >= 11 is 0. The molecule has 0 aromatic heterocycles. The van der Waals surface area contributed by atoms with E-state index < -0.39 is 10.0 Å². The largest absolute Gasteiger partial charge is 0.385 e. The van der Waals surface area contributed by atoms with Crippen LogP contribution in [0.5, 0.6) is 0 Å². The highest BCUT2D eigenvalue weighted by molar-refractivity contribution is 7.89. The normalized spacial score (nSPS) is 19.4. The Bertz CT molecular complexity index is 520. The predicted octanol–water partition coefficient (Wildman–Crippen LogP) is 1.78. The van der Waals surface area contributed by atoms with Crippen molar-refractivity contribution in [3.63, 3.8) is 0 Å². The first kappa shape index (κ1) is 15.3. The summed E-state index contributed by atoms with van der Waals surface area (Å²) in [5.41, 5.74) is 0.946. The summed E-state index contributed by atoms with van der Waals surface area (Å²) in [5, 5.41) is 3.32. The van der Waals surface area contributed by atoms with E-state index in [2.05, 4.69) is 5.32 Å². The van der Waals surface area contributed by atoms with Crippen LogP contribution in [0.1, 0.15) is 12.8 Å². The first-order valence-corrected chi connectivity index (χ1v) is 8.28. The van der Waals surface area contributed by atoms with Crippen LogP contribution < -0.4 is 5.32 Å². The van der Waals surface area contributed by atoms with Crippen molar-refractivity contribution in [2.24, 2.45) is 5.92 Å².